The smallest absolute Gasteiger partial charge is 0.210 e. The van der Waals surface area contributed by atoms with Crippen LogP contribution in [0.5, 0.6) is 0 Å². The molecule has 38 heavy (non-hydrogen) atoms. The van der Waals surface area contributed by atoms with Crippen LogP contribution >= 0.6 is 0 Å². The van der Waals surface area contributed by atoms with E-state index in [0.717, 1.165) is 17.0 Å². The molecular formula is C30H21N5O2S. The third-order valence-corrected chi connectivity index (χ3v) is 8.56. The first kappa shape index (κ1) is 22.5. The average Bonchev–Trinajstić information content (AvgIpc) is 3.35. The van der Waals surface area contributed by atoms with Crippen LogP contribution in [-0.2, 0) is 16.3 Å². The van der Waals surface area contributed by atoms with E-state index in [1.54, 1.807) is 18.2 Å². The topological polar surface area (TPSA) is 90.6 Å². The summed E-state index contributed by atoms with van der Waals surface area (Å²) in [6.45, 7) is 2.02. The molecule has 7 nitrogen and oxygen atoms in total. The highest BCUT2D eigenvalue weighted by Gasteiger charge is 2.34. The number of nitrogens with zero attached hydrogens (tertiary/aromatic N) is 5. The van der Waals surface area contributed by atoms with Crippen molar-refractivity contribution in [2.75, 3.05) is 0 Å². The van der Waals surface area contributed by atoms with Crippen LogP contribution in [0.15, 0.2) is 107 Å². The van der Waals surface area contributed by atoms with E-state index in [1.807, 2.05) is 90.4 Å². The fourth-order valence-electron chi connectivity index (χ4n) is 4.98. The van der Waals surface area contributed by atoms with Crippen molar-refractivity contribution in [2.45, 2.75) is 23.1 Å². The molecule has 0 saturated heterocycles. The van der Waals surface area contributed by atoms with Gasteiger partial charge in [0.2, 0.25) is 9.84 Å². The molecule has 1 aliphatic rings. The molecule has 0 aliphatic carbocycles. The summed E-state index contributed by atoms with van der Waals surface area (Å²) in [5, 5.41) is 0. The minimum atomic E-state index is -3.79. The summed E-state index contributed by atoms with van der Waals surface area (Å²) >= 11 is 0. The predicted molar refractivity (Wildman–Crippen MR) is 146 cm³/mol. The molecule has 0 spiro atoms. The lowest BCUT2D eigenvalue weighted by Crippen LogP contribution is -2.16. The summed E-state index contributed by atoms with van der Waals surface area (Å²) in [6.07, 6.45) is 0.653. The van der Waals surface area contributed by atoms with Crippen LogP contribution in [0.25, 0.3) is 50.9 Å². The quantitative estimate of drug-likeness (QED) is 0.289. The van der Waals surface area contributed by atoms with Crippen LogP contribution in [0.4, 0.5) is 0 Å². The van der Waals surface area contributed by atoms with Gasteiger partial charge in [0.1, 0.15) is 5.82 Å². The van der Waals surface area contributed by atoms with Crippen molar-refractivity contribution in [3.8, 4) is 39.9 Å². The summed E-state index contributed by atoms with van der Waals surface area (Å²) < 4.78 is 29.7. The zero-order valence-corrected chi connectivity index (χ0v) is 21.2. The van der Waals surface area contributed by atoms with Crippen molar-refractivity contribution in [2.24, 2.45) is 0 Å². The maximum Gasteiger partial charge on any atom is 0.210 e. The molecule has 0 amide bonds. The number of imidazole rings is 1. The van der Waals surface area contributed by atoms with Crippen molar-refractivity contribution in [1.29, 1.82) is 0 Å². The lowest BCUT2D eigenvalue weighted by atomic mass is 10.1. The van der Waals surface area contributed by atoms with Gasteiger partial charge in [-0.2, -0.15) is 0 Å². The van der Waals surface area contributed by atoms with Gasteiger partial charge in [0.15, 0.2) is 17.5 Å². The van der Waals surface area contributed by atoms with Gasteiger partial charge in [0, 0.05) is 23.1 Å². The minimum absolute atomic E-state index is 0.207. The van der Waals surface area contributed by atoms with Gasteiger partial charge in [0.05, 0.1) is 26.5 Å². The average molecular weight is 516 g/mol. The Hall–Kier alpha value is -4.69. The summed E-state index contributed by atoms with van der Waals surface area (Å²) in [5.41, 5.74) is 4.06. The molecule has 7 rings (SSSR count). The summed E-state index contributed by atoms with van der Waals surface area (Å²) in [5.74, 6) is 2.20. The zero-order chi connectivity index (χ0) is 25.9. The van der Waals surface area contributed by atoms with E-state index in [1.165, 1.54) is 0 Å². The van der Waals surface area contributed by atoms with Crippen LogP contribution < -0.4 is 0 Å². The molecule has 0 atom stereocenters. The molecule has 0 unspecified atom stereocenters. The van der Waals surface area contributed by atoms with Crippen LogP contribution in [0.1, 0.15) is 12.7 Å². The Labute approximate surface area is 219 Å². The monoisotopic (exact) mass is 515 g/mol. The first-order chi connectivity index (χ1) is 18.5. The SMILES string of the molecule is CCc1nc2cc(-c3nc(-c4ccccc4)nc(-c4ccccc4)n3)cc3c2n1-c1ccccc1S3(=O)=O. The third kappa shape index (κ3) is 3.38. The number of aromatic nitrogens is 5. The Morgan fingerprint density at radius 1 is 0.632 bits per heavy atom. The second kappa shape index (κ2) is 8.43. The van der Waals surface area contributed by atoms with Crippen molar-refractivity contribution >= 4 is 20.9 Å². The Morgan fingerprint density at radius 3 is 1.79 bits per heavy atom. The Bertz CT molecular complexity index is 1910. The normalized spacial score (nSPS) is 13.4. The molecule has 8 heteroatoms. The number of fused-ring (bicyclic) bond motifs is 2. The maximum atomic E-state index is 13.8. The summed E-state index contributed by atoms with van der Waals surface area (Å²) in [6, 6.07) is 30.0. The summed E-state index contributed by atoms with van der Waals surface area (Å²) in [4.78, 5) is 19.6. The minimum Gasteiger partial charge on any atom is -0.294 e. The van der Waals surface area contributed by atoms with Crippen molar-refractivity contribution in [3.63, 3.8) is 0 Å². The Morgan fingerprint density at radius 2 is 1.18 bits per heavy atom. The standard InChI is InChI=1S/C30H21N5O2S/c1-2-26-31-22-17-21(18-25-27(22)35(26)23-15-9-10-16-24(23)38(25,36)37)30-33-28(19-11-5-3-6-12-19)32-29(34-30)20-13-7-4-8-14-20/h3-18H,2H2,1H3. The van der Waals surface area contributed by atoms with E-state index in [2.05, 4.69) is 0 Å². The Balaban J connectivity index is 1.52. The van der Waals surface area contributed by atoms with Gasteiger partial charge >= 0.3 is 0 Å². The second-order valence-corrected chi connectivity index (χ2v) is 11.0. The highest BCUT2D eigenvalue weighted by molar-refractivity contribution is 7.92. The molecule has 0 bridgehead atoms. The van der Waals surface area contributed by atoms with Gasteiger partial charge in [0.25, 0.3) is 0 Å². The fourth-order valence-corrected chi connectivity index (χ4v) is 6.64. The van der Waals surface area contributed by atoms with Gasteiger partial charge < -0.3 is 0 Å². The van der Waals surface area contributed by atoms with Gasteiger partial charge in [-0.3, -0.25) is 4.57 Å². The number of para-hydroxylation sites is 1. The van der Waals surface area contributed by atoms with Crippen LogP contribution in [0.3, 0.4) is 0 Å². The largest absolute Gasteiger partial charge is 0.294 e. The molecule has 3 heterocycles. The van der Waals surface area contributed by atoms with Gasteiger partial charge in [-0.1, -0.05) is 79.7 Å². The molecule has 0 N–H and O–H groups in total. The van der Waals surface area contributed by atoms with Gasteiger partial charge in [-0.15, -0.1) is 0 Å². The van der Waals surface area contributed by atoms with E-state index in [4.69, 9.17) is 19.9 Å². The third-order valence-electron chi connectivity index (χ3n) is 6.75. The molecule has 1 aliphatic heterocycles. The van der Waals surface area contributed by atoms with E-state index in [-0.39, 0.29) is 9.79 Å². The molecule has 6 aromatic rings. The van der Waals surface area contributed by atoms with Crippen molar-refractivity contribution < 1.29 is 8.42 Å². The fraction of sp³-hybridized carbons (Fsp3) is 0.0667. The van der Waals surface area contributed by atoms with Crippen LogP contribution in [0.2, 0.25) is 0 Å². The molecular weight excluding hydrogens is 494 g/mol. The number of sulfone groups is 1. The van der Waals surface area contributed by atoms with Crippen molar-refractivity contribution in [1.82, 2.24) is 24.5 Å². The molecule has 0 saturated carbocycles. The lowest BCUT2D eigenvalue weighted by molar-refractivity contribution is 0.594. The highest BCUT2D eigenvalue weighted by atomic mass is 32.2. The highest BCUT2D eigenvalue weighted by Crippen LogP contribution is 2.41. The van der Waals surface area contributed by atoms with Gasteiger partial charge in [-0.25, -0.2) is 28.4 Å². The number of rotatable bonds is 4. The second-order valence-electron chi connectivity index (χ2n) is 9.07. The predicted octanol–water partition coefficient (Wildman–Crippen LogP) is 5.92. The molecule has 0 fully saturated rings. The maximum absolute atomic E-state index is 13.8. The van der Waals surface area contributed by atoms with E-state index < -0.39 is 9.84 Å². The van der Waals surface area contributed by atoms with Gasteiger partial charge in [-0.05, 0) is 24.3 Å². The number of aryl methyl sites for hydroxylation is 1. The zero-order valence-electron chi connectivity index (χ0n) is 20.4. The number of hydrogen-bond acceptors (Lipinski definition) is 6. The van der Waals surface area contributed by atoms with E-state index in [0.29, 0.717) is 46.2 Å². The lowest BCUT2D eigenvalue weighted by Gasteiger charge is -2.21. The summed E-state index contributed by atoms with van der Waals surface area (Å²) in [7, 11) is -3.79. The molecule has 4 aromatic carbocycles. The van der Waals surface area contributed by atoms with E-state index >= 15 is 0 Å². The molecule has 2 aromatic heterocycles. The first-order valence-electron chi connectivity index (χ1n) is 12.3. The van der Waals surface area contributed by atoms with Crippen LogP contribution in [0, 0.1) is 0 Å². The molecule has 0 radical (unpaired) electrons. The Kier molecular flexibility index (Phi) is 4.99. The first-order valence-corrected chi connectivity index (χ1v) is 13.8. The number of hydrogen-bond donors (Lipinski definition) is 0. The molecule has 184 valence electrons. The van der Waals surface area contributed by atoms with E-state index in [9.17, 15) is 8.42 Å². The number of benzene rings is 4. The van der Waals surface area contributed by atoms with Crippen LogP contribution in [-0.4, -0.2) is 32.9 Å². The van der Waals surface area contributed by atoms with Crippen molar-refractivity contribution in [3.05, 3.63) is 103 Å².